The Morgan fingerprint density at radius 3 is 2.42 bits per heavy atom. The number of rotatable bonds is 6. The normalized spacial score (nSPS) is 23.3. The maximum atomic E-state index is 11.9. The Bertz CT molecular complexity index is 742. The van der Waals surface area contributed by atoms with E-state index >= 15 is 0 Å². The van der Waals surface area contributed by atoms with Crippen LogP contribution in [0.15, 0.2) is 54.6 Å². The molecule has 0 radical (unpaired) electrons. The molecule has 1 heterocycles. The Morgan fingerprint density at radius 2 is 1.85 bits per heavy atom. The average Bonchev–Trinajstić information content (AvgIpc) is 2.93. The van der Waals surface area contributed by atoms with Crippen molar-refractivity contribution in [2.45, 2.75) is 38.8 Å². The van der Waals surface area contributed by atoms with Crippen LogP contribution in [0.3, 0.4) is 0 Å². The highest BCUT2D eigenvalue weighted by molar-refractivity contribution is 5.73. The first-order chi connectivity index (χ1) is 12.4. The molecule has 1 aliphatic heterocycles. The summed E-state index contributed by atoms with van der Waals surface area (Å²) < 4.78 is 5.71. The second-order valence-corrected chi connectivity index (χ2v) is 7.65. The van der Waals surface area contributed by atoms with Gasteiger partial charge in [-0.05, 0) is 37.1 Å². The number of hydrogen-bond donors (Lipinski definition) is 1. The Kier molecular flexibility index (Phi) is 5.33. The van der Waals surface area contributed by atoms with Crippen molar-refractivity contribution >= 4 is 5.97 Å². The number of carboxylic acids is 1. The molecule has 0 saturated carbocycles. The van der Waals surface area contributed by atoms with Gasteiger partial charge in [0, 0.05) is 25.0 Å². The minimum absolute atomic E-state index is 0.121. The van der Waals surface area contributed by atoms with Crippen molar-refractivity contribution in [2.75, 3.05) is 13.1 Å². The molecule has 1 N–H and O–H groups in total. The number of nitrogens with zero attached hydrogens (tertiary/aromatic N) is 1. The molecule has 2 aromatic rings. The highest BCUT2D eigenvalue weighted by Gasteiger charge is 2.48. The van der Waals surface area contributed by atoms with Crippen molar-refractivity contribution in [3.05, 3.63) is 65.7 Å². The number of benzene rings is 2. The van der Waals surface area contributed by atoms with Crippen molar-refractivity contribution < 1.29 is 14.6 Å². The van der Waals surface area contributed by atoms with E-state index in [-0.39, 0.29) is 6.10 Å². The molecule has 2 unspecified atom stereocenters. The predicted octanol–water partition coefficient (Wildman–Crippen LogP) is 3.95. The van der Waals surface area contributed by atoms with Crippen LogP contribution in [0, 0.1) is 5.92 Å². The van der Waals surface area contributed by atoms with Crippen LogP contribution >= 0.6 is 0 Å². The van der Waals surface area contributed by atoms with Crippen LogP contribution in [0.1, 0.15) is 31.9 Å². The lowest BCUT2D eigenvalue weighted by Gasteiger charge is -2.29. The third kappa shape index (κ3) is 3.91. The second kappa shape index (κ2) is 7.50. The predicted molar refractivity (Wildman–Crippen MR) is 102 cm³/mol. The lowest BCUT2D eigenvalue weighted by atomic mass is 9.74. The van der Waals surface area contributed by atoms with Gasteiger partial charge in [-0.1, -0.05) is 49.4 Å². The molecule has 2 aromatic carbocycles. The highest BCUT2D eigenvalue weighted by Crippen LogP contribution is 2.40. The molecular weight excluding hydrogens is 326 g/mol. The molecule has 0 spiro atoms. The summed E-state index contributed by atoms with van der Waals surface area (Å²) in [6.45, 7) is 8.11. The first-order valence-corrected chi connectivity index (χ1v) is 9.15. The van der Waals surface area contributed by atoms with Crippen LogP contribution in [0.5, 0.6) is 5.75 Å². The molecule has 0 aliphatic carbocycles. The summed E-state index contributed by atoms with van der Waals surface area (Å²) in [5.41, 5.74) is 1.84. The van der Waals surface area contributed by atoms with Gasteiger partial charge in [0.2, 0.25) is 0 Å². The summed E-state index contributed by atoms with van der Waals surface area (Å²) in [6, 6.07) is 18.1. The lowest BCUT2D eigenvalue weighted by molar-refractivity contribution is -0.142. The molecule has 1 aliphatic rings. The van der Waals surface area contributed by atoms with E-state index < -0.39 is 17.3 Å². The zero-order valence-electron chi connectivity index (χ0n) is 15.7. The smallest absolute Gasteiger partial charge is 0.308 e. The van der Waals surface area contributed by atoms with Crippen LogP contribution < -0.4 is 4.74 Å². The van der Waals surface area contributed by atoms with Gasteiger partial charge in [0.1, 0.15) is 5.75 Å². The number of likely N-dealkylation sites (tertiary alicyclic amines) is 1. The van der Waals surface area contributed by atoms with Gasteiger partial charge in [-0.3, -0.25) is 9.69 Å². The van der Waals surface area contributed by atoms with Gasteiger partial charge >= 0.3 is 5.97 Å². The van der Waals surface area contributed by atoms with Gasteiger partial charge in [-0.25, -0.2) is 0 Å². The maximum absolute atomic E-state index is 11.9. The third-order valence-corrected chi connectivity index (χ3v) is 5.19. The fourth-order valence-corrected chi connectivity index (χ4v) is 3.89. The Morgan fingerprint density at radius 1 is 1.19 bits per heavy atom. The van der Waals surface area contributed by atoms with Gasteiger partial charge in [0.05, 0.1) is 12.0 Å². The van der Waals surface area contributed by atoms with E-state index in [1.807, 2.05) is 56.3 Å². The SMILES string of the molecule is CC(C)Oc1ccc(C2(C)CN(Cc3ccccc3)CC2C(=O)O)cc1. The largest absolute Gasteiger partial charge is 0.491 e. The number of hydrogen-bond acceptors (Lipinski definition) is 3. The van der Waals surface area contributed by atoms with Crippen molar-refractivity contribution in [1.29, 1.82) is 0 Å². The highest BCUT2D eigenvalue weighted by atomic mass is 16.5. The molecule has 138 valence electrons. The number of aliphatic carboxylic acids is 1. The zero-order valence-corrected chi connectivity index (χ0v) is 15.7. The minimum Gasteiger partial charge on any atom is -0.491 e. The Labute approximate surface area is 155 Å². The third-order valence-electron chi connectivity index (χ3n) is 5.19. The minimum atomic E-state index is -0.731. The molecule has 4 heteroatoms. The Balaban J connectivity index is 1.82. The van der Waals surface area contributed by atoms with Crippen molar-refractivity contribution in [3.63, 3.8) is 0 Å². The van der Waals surface area contributed by atoms with Crippen LogP contribution in [-0.2, 0) is 16.8 Å². The van der Waals surface area contributed by atoms with Gasteiger partial charge < -0.3 is 9.84 Å². The summed E-state index contributed by atoms with van der Waals surface area (Å²) >= 11 is 0. The molecule has 26 heavy (non-hydrogen) atoms. The van der Waals surface area contributed by atoms with Crippen LogP contribution in [0.25, 0.3) is 0 Å². The summed E-state index contributed by atoms with van der Waals surface area (Å²) in [7, 11) is 0. The summed E-state index contributed by atoms with van der Waals surface area (Å²) in [6.07, 6.45) is 0.121. The van der Waals surface area contributed by atoms with E-state index in [0.29, 0.717) is 6.54 Å². The van der Waals surface area contributed by atoms with E-state index in [2.05, 4.69) is 24.0 Å². The number of carboxylic acid groups (broad SMARTS) is 1. The molecule has 2 atom stereocenters. The molecule has 1 fully saturated rings. The van der Waals surface area contributed by atoms with Gasteiger partial charge in [-0.15, -0.1) is 0 Å². The van der Waals surface area contributed by atoms with Crippen LogP contribution in [0.4, 0.5) is 0 Å². The van der Waals surface area contributed by atoms with Crippen LogP contribution in [-0.4, -0.2) is 35.2 Å². The molecule has 0 aromatic heterocycles. The first kappa shape index (κ1) is 18.5. The molecule has 1 saturated heterocycles. The number of carbonyl (C=O) groups is 1. The fourth-order valence-electron chi connectivity index (χ4n) is 3.89. The molecule has 4 nitrogen and oxygen atoms in total. The molecular formula is C22H27NO3. The fraction of sp³-hybridized carbons (Fsp3) is 0.409. The van der Waals surface area contributed by atoms with E-state index in [1.165, 1.54) is 5.56 Å². The number of ether oxygens (including phenoxy) is 1. The Hall–Kier alpha value is -2.33. The van der Waals surface area contributed by atoms with E-state index in [4.69, 9.17) is 4.74 Å². The summed E-state index contributed by atoms with van der Waals surface area (Å²) in [5.74, 6) is -0.341. The first-order valence-electron chi connectivity index (χ1n) is 9.15. The van der Waals surface area contributed by atoms with Gasteiger partial charge in [0.15, 0.2) is 0 Å². The molecule has 0 bridgehead atoms. The van der Waals surface area contributed by atoms with Crippen molar-refractivity contribution in [1.82, 2.24) is 4.90 Å². The molecule has 3 rings (SSSR count). The molecule has 0 amide bonds. The van der Waals surface area contributed by atoms with E-state index in [1.54, 1.807) is 0 Å². The average molecular weight is 353 g/mol. The quantitative estimate of drug-likeness (QED) is 0.854. The lowest BCUT2D eigenvalue weighted by Crippen LogP contribution is -2.36. The van der Waals surface area contributed by atoms with E-state index in [0.717, 1.165) is 24.4 Å². The second-order valence-electron chi connectivity index (χ2n) is 7.65. The van der Waals surface area contributed by atoms with Gasteiger partial charge in [0.25, 0.3) is 0 Å². The summed E-state index contributed by atoms with van der Waals surface area (Å²) in [5, 5.41) is 9.82. The van der Waals surface area contributed by atoms with Crippen molar-refractivity contribution in [3.8, 4) is 5.75 Å². The van der Waals surface area contributed by atoms with Crippen LogP contribution in [0.2, 0.25) is 0 Å². The zero-order chi connectivity index (χ0) is 18.7. The van der Waals surface area contributed by atoms with E-state index in [9.17, 15) is 9.90 Å². The van der Waals surface area contributed by atoms with Crippen molar-refractivity contribution in [2.24, 2.45) is 5.92 Å². The maximum Gasteiger partial charge on any atom is 0.308 e. The monoisotopic (exact) mass is 353 g/mol. The standard InChI is InChI=1S/C22H27NO3/c1-16(2)26-19-11-9-18(10-12-19)22(3)15-23(14-20(22)21(24)25)13-17-7-5-4-6-8-17/h4-12,16,20H,13-15H2,1-3H3,(H,24,25). The topological polar surface area (TPSA) is 49.8 Å². The summed E-state index contributed by atoms with van der Waals surface area (Å²) in [4.78, 5) is 14.2. The van der Waals surface area contributed by atoms with Gasteiger partial charge in [-0.2, -0.15) is 0 Å².